The number of hydrogen-bond donors (Lipinski definition) is 0. The third kappa shape index (κ3) is 4.38. The van der Waals surface area contributed by atoms with E-state index in [1.165, 1.54) is 0 Å². The van der Waals surface area contributed by atoms with Crippen molar-refractivity contribution >= 4 is 34.8 Å². The standard InChI is InChI=1S/C16H12Cl2F6N4/c17-11-5-9(15(19,20)21)7-25-13(11)27-1-2-28(4-3-27)14-12(18)6-10(8-26-14)16(22,23)24/h5-8H,1-4H2. The molecule has 1 aliphatic heterocycles. The Kier molecular flexibility index (Phi) is 5.55. The lowest BCUT2D eigenvalue weighted by atomic mass is 10.2. The molecule has 2 aromatic rings. The highest BCUT2D eigenvalue weighted by atomic mass is 35.5. The van der Waals surface area contributed by atoms with Gasteiger partial charge in [0.15, 0.2) is 0 Å². The molecule has 28 heavy (non-hydrogen) atoms. The lowest BCUT2D eigenvalue weighted by molar-refractivity contribution is -0.138. The van der Waals surface area contributed by atoms with Gasteiger partial charge in [-0.25, -0.2) is 9.97 Å². The first-order valence-electron chi connectivity index (χ1n) is 7.92. The van der Waals surface area contributed by atoms with Crippen LogP contribution in [0, 0.1) is 0 Å². The number of hydrogen-bond acceptors (Lipinski definition) is 4. The highest BCUT2D eigenvalue weighted by Crippen LogP contribution is 2.35. The van der Waals surface area contributed by atoms with Crippen molar-refractivity contribution in [3.63, 3.8) is 0 Å². The van der Waals surface area contributed by atoms with Gasteiger partial charge in [0.2, 0.25) is 0 Å². The second-order valence-corrected chi connectivity index (χ2v) is 6.84. The summed E-state index contributed by atoms with van der Waals surface area (Å²) in [6.45, 7) is 1.32. The van der Waals surface area contributed by atoms with Crippen molar-refractivity contribution in [2.75, 3.05) is 36.0 Å². The number of aromatic nitrogens is 2. The third-order valence-electron chi connectivity index (χ3n) is 4.18. The summed E-state index contributed by atoms with van der Waals surface area (Å²) in [6, 6.07) is 1.62. The summed E-state index contributed by atoms with van der Waals surface area (Å²) in [4.78, 5) is 11.0. The van der Waals surface area contributed by atoms with Gasteiger partial charge < -0.3 is 9.80 Å². The molecule has 2 aromatic heterocycles. The van der Waals surface area contributed by atoms with Gasteiger partial charge in [0, 0.05) is 38.6 Å². The molecule has 0 atom stereocenters. The van der Waals surface area contributed by atoms with Gasteiger partial charge in [-0.1, -0.05) is 23.2 Å². The Morgan fingerprint density at radius 1 is 0.679 bits per heavy atom. The summed E-state index contributed by atoms with van der Waals surface area (Å²) >= 11 is 11.9. The van der Waals surface area contributed by atoms with Crippen LogP contribution in [-0.2, 0) is 12.4 Å². The number of pyridine rings is 2. The number of nitrogens with zero attached hydrogens (tertiary/aromatic N) is 4. The second kappa shape index (κ2) is 7.47. The van der Waals surface area contributed by atoms with E-state index >= 15 is 0 Å². The van der Waals surface area contributed by atoms with Gasteiger partial charge >= 0.3 is 12.4 Å². The summed E-state index contributed by atoms with van der Waals surface area (Å²) < 4.78 is 76.3. The zero-order chi connectivity index (χ0) is 20.7. The Hall–Kier alpha value is -1.94. The fraction of sp³-hybridized carbons (Fsp3) is 0.375. The van der Waals surface area contributed by atoms with Crippen LogP contribution in [0.15, 0.2) is 24.5 Å². The minimum atomic E-state index is -4.54. The van der Waals surface area contributed by atoms with Crippen molar-refractivity contribution in [3.8, 4) is 0 Å². The van der Waals surface area contributed by atoms with E-state index in [0.29, 0.717) is 38.6 Å². The van der Waals surface area contributed by atoms with E-state index in [2.05, 4.69) is 9.97 Å². The molecule has 3 rings (SSSR count). The van der Waals surface area contributed by atoms with Crippen molar-refractivity contribution in [3.05, 3.63) is 45.7 Å². The lowest BCUT2D eigenvalue weighted by Crippen LogP contribution is -2.47. The molecule has 0 amide bonds. The Bertz CT molecular complexity index is 792. The van der Waals surface area contributed by atoms with Gasteiger partial charge in [-0.2, -0.15) is 26.3 Å². The van der Waals surface area contributed by atoms with Gasteiger partial charge in [0.25, 0.3) is 0 Å². The van der Waals surface area contributed by atoms with Gasteiger partial charge in [0.05, 0.1) is 21.2 Å². The average Bonchev–Trinajstić information content (AvgIpc) is 2.60. The smallest absolute Gasteiger partial charge is 0.352 e. The number of alkyl halides is 6. The number of piperazine rings is 1. The van der Waals surface area contributed by atoms with E-state index in [1.807, 2.05) is 0 Å². The largest absolute Gasteiger partial charge is 0.417 e. The highest BCUT2D eigenvalue weighted by Gasteiger charge is 2.33. The van der Waals surface area contributed by atoms with Crippen LogP contribution < -0.4 is 9.80 Å². The fourth-order valence-electron chi connectivity index (χ4n) is 2.77. The van der Waals surface area contributed by atoms with Crippen LogP contribution in [0.1, 0.15) is 11.1 Å². The van der Waals surface area contributed by atoms with E-state index in [4.69, 9.17) is 23.2 Å². The predicted molar refractivity (Wildman–Crippen MR) is 92.9 cm³/mol. The summed E-state index contributed by atoms with van der Waals surface area (Å²) in [7, 11) is 0. The van der Waals surface area contributed by atoms with Crippen molar-refractivity contribution in [1.29, 1.82) is 0 Å². The zero-order valence-corrected chi connectivity index (χ0v) is 15.5. The lowest BCUT2D eigenvalue weighted by Gasteiger charge is -2.36. The Labute approximate surface area is 165 Å². The maximum absolute atomic E-state index is 12.7. The fourth-order valence-corrected chi connectivity index (χ4v) is 3.34. The monoisotopic (exact) mass is 444 g/mol. The van der Waals surface area contributed by atoms with E-state index < -0.39 is 23.5 Å². The zero-order valence-electron chi connectivity index (χ0n) is 14.0. The first-order valence-corrected chi connectivity index (χ1v) is 8.68. The Morgan fingerprint density at radius 3 is 1.25 bits per heavy atom. The maximum Gasteiger partial charge on any atom is 0.417 e. The summed E-state index contributed by atoms with van der Waals surface area (Å²) in [5, 5.41) is -0.261. The van der Waals surface area contributed by atoms with Crippen LogP contribution in [0.25, 0.3) is 0 Å². The molecule has 0 unspecified atom stereocenters. The molecule has 0 spiro atoms. The molecule has 0 bridgehead atoms. The predicted octanol–water partition coefficient (Wildman–Crippen LogP) is 5.15. The maximum atomic E-state index is 12.7. The van der Waals surface area contributed by atoms with Crippen LogP contribution in [-0.4, -0.2) is 36.1 Å². The third-order valence-corrected chi connectivity index (χ3v) is 4.73. The summed E-state index contributed by atoms with van der Waals surface area (Å²) in [6.07, 6.45) is -7.67. The number of halogens is 8. The van der Waals surface area contributed by atoms with E-state index in [9.17, 15) is 26.3 Å². The molecular weight excluding hydrogens is 433 g/mol. The molecule has 0 aromatic carbocycles. The van der Waals surface area contributed by atoms with Crippen LogP contribution in [0.3, 0.4) is 0 Å². The summed E-state index contributed by atoms with van der Waals surface area (Å²) in [5.41, 5.74) is -1.89. The van der Waals surface area contributed by atoms with Gasteiger partial charge in [-0.05, 0) is 12.1 Å². The molecule has 1 saturated heterocycles. The van der Waals surface area contributed by atoms with Crippen molar-refractivity contribution in [2.24, 2.45) is 0 Å². The minimum absolute atomic E-state index is 0.131. The number of rotatable bonds is 2. The van der Waals surface area contributed by atoms with Gasteiger partial charge in [-0.3, -0.25) is 0 Å². The van der Waals surface area contributed by atoms with E-state index in [0.717, 1.165) is 12.1 Å². The Morgan fingerprint density at radius 2 is 1.00 bits per heavy atom. The van der Waals surface area contributed by atoms with Gasteiger partial charge in [0.1, 0.15) is 11.6 Å². The molecule has 4 nitrogen and oxygen atoms in total. The quantitative estimate of drug-likeness (QED) is 0.599. The average molecular weight is 445 g/mol. The Balaban J connectivity index is 1.71. The minimum Gasteiger partial charge on any atom is -0.352 e. The first-order chi connectivity index (χ1) is 13.0. The molecule has 1 aliphatic rings. The van der Waals surface area contributed by atoms with Crippen molar-refractivity contribution < 1.29 is 26.3 Å². The normalized spacial score (nSPS) is 15.9. The van der Waals surface area contributed by atoms with Crippen LogP contribution >= 0.6 is 23.2 Å². The molecule has 3 heterocycles. The second-order valence-electron chi connectivity index (χ2n) is 6.03. The first kappa shape index (κ1) is 20.8. The molecule has 0 aliphatic carbocycles. The molecular formula is C16H12Cl2F6N4. The van der Waals surface area contributed by atoms with Crippen LogP contribution in [0.2, 0.25) is 10.0 Å². The SMILES string of the molecule is FC(F)(F)c1cnc(N2CCN(c3ncc(C(F)(F)F)cc3Cl)CC2)c(Cl)c1. The highest BCUT2D eigenvalue weighted by molar-refractivity contribution is 6.33. The topological polar surface area (TPSA) is 32.3 Å². The van der Waals surface area contributed by atoms with Crippen LogP contribution in [0.5, 0.6) is 0 Å². The molecule has 152 valence electrons. The van der Waals surface area contributed by atoms with E-state index in [1.54, 1.807) is 9.80 Å². The molecule has 0 radical (unpaired) electrons. The van der Waals surface area contributed by atoms with E-state index in [-0.39, 0.29) is 21.7 Å². The molecule has 1 fully saturated rings. The van der Waals surface area contributed by atoms with Crippen molar-refractivity contribution in [2.45, 2.75) is 12.4 Å². The molecule has 0 N–H and O–H groups in total. The summed E-state index contributed by atoms with van der Waals surface area (Å²) in [5.74, 6) is 0.418. The van der Waals surface area contributed by atoms with Crippen molar-refractivity contribution in [1.82, 2.24) is 9.97 Å². The molecule has 0 saturated carbocycles. The number of anilines is 2. The van der Waals surface area contributed by atoms with Gasteiger partial charge in [-0.15, -0.1) is 0 Å². The van der Waals surface area contributed by atoms with Crippen LogP contribution in [0.4, 0.5) is 38.0 Å². The molecule has 12 heteroatoms.